The average molecular weight is 269 g/mol. The van der Waals surface area contributed by atoms with Crippen LogP contribution in [0.3, 0.4) is 0 Å². The van der Waals surface area contributed by atoms with Crippen molar-refractivity contribution in [2.24, 2.45) is 5.41 Å². The SMILES string of the molecule is CC1(C)C(O)CC1NC(=O)c1ccc(N)cc1Cl. The molecule has 1 saturated carbocycles. The summed E-state index contributed by atoms with van der Waals surface area (Å²) in [6, 6.07) is 4.77. The third kappa shape index (κ3) is 2.18. The van der Waals surface area contributed by atoms with Gasteiger partial charge in [0.1, 0.15) is 0 Å². The third-order valence-electron chi connectivity index (χ3n) is 3.76. The van der Waals surface area contributed by atoms with E-state index < -0.39 is 0 Å². The summed E-state index contributed by atoms with van der Waals surface area (Å²) < 4.78 is 0. The topological polar surface area (TPSA) is 75.3 Å². The molecule has 0 aromatic heterocycles. The van der Waals surface area contributed by atoms with Gasteiger partial charge in [0.05, 0.1) is 16.7 Å². The molecular formula is C13H17ClN2O2. The Morgan fingerprint density at radius 1 is 1.56 bits per heavy atom. The molecule has 0 saturated heterocycles. The smallest absolute Gasteiger partial charge is 0.253 e. The molecule has 1 aromatic rings. The van der Waals surface area contributed by atoms with Gasteiger partial charge in [0.15, 0.2) is 0 Å². The fourth-order valence-corrected chi connectivity index (χ4v) is 2.37. The molecule has 4 N–H and O–H groups in total. The van der Waals surface area contributed by atoms with Gasteiger partial charge in [-0.1, -0.05) is 25.4 Å². The summed E-state index contributed by atoms with van der Waals surface area (Å²) in [6.07, 6.45) is 0.204. The van der Waals surface area contributed by atoms with Crippen LogP contribution in [0.15, 0.2) is 18.2 Å². The van der Waals surface area contributed by atoms with Crippen molar-refractivity contribution in [3.05, 3.63) is 28.8 Å². The Hall–Kier alpha value is -1.26. The highest BCUT2D eigenvalue weighted by Gasteiger charge is 2.48. The lowest BCUT2D eigenvalue weighted by molar-refractivity contribution is -0.0689. The van der Waals surface area contributed by atoms with Crippen molar-refractivity contribution in [3.63, 3.8) is 0 Å². The number of rotatable bonds is 2. The van der Waals surface area contributed by atoms with Gasteiger partial charge in [-0.15, -0.1) is 0 Å². The van der Waals surface area contributed by atoms with Gasteiger partial charge in [0.25, 0.3) is 5.91 Å². The molecule has 5 heteroatoms. The molecule has 0 spiro atoms. The second-order valence-electron chi connectivity index (χ2n) is 5.34. The zero-order chi connectivity index (χ0) is 13.5. The van der Waals surface area contributed by atoms with Crippen LogP contribution in [0.4, 0.5) is 5.69 Å². The van der Waals surface area contributed by atoms with E-state index in [0.717, 1.165) is 0 Å². The second-order valence-corrected chi connectivity index (χ2v) is 5.75. The van der Waals surface area contributed by atoms with Crippen molar-refractivity contribution in [1.82, 2.24) is 5.32 Å². The van der Waals surface area contributed by atoms with Crippen LogP contribution in [0.2, 0.25) is 5.02 Å². The van der Waals surface area contributed by atoms with Crippen LogP contribution in [-0.2, 0) is 0 Å². The van der Waals surface area contributed by atoms with Crippen molar-refractivity contribution >= 4 is 23.2 Å². The molecule has 1 aliphatic rings. The lowest BCUT2D eigenvalue weighted by Crippen LogP contribution is -2.61. The molecule has 98 valence electrons. The number of aliphatic hydroxyl groups excluding tert-OH is 1. The number of nitrogens with two attached hydrogens (primary N) is 1. The van der Waals surface area contributed by atoms with E-state index in [-0.39, 0.29) is 23.5 Å². The summed E-state index contributed by atoms with van der Waals surface area (Å²) in [5, 5.41) is 12.9. The van der Waals surface area contributed by atoms with E-state index in [2.05, 4.69) is 5.32 Å². The highest BCUT2D eigenvalue weighted by atomic mass is 35.5. The van der Waals surface area contributed by atoms with Crippen LogP contribution in [-0.4, -0.2) is 23.2 Å². The van der Waals surface area contributed by atoms with E-state index in [4.69, 9.17) is 17.3 Å². The molecule has 1 aromatic carbocycles. The third-order valence-corrected chi connectivity index (χ3v) is 4.07. The molecule has 18 heavy (non-hydrogen) atoms. The monoisotopic (exact) mass is 268 g/mol. The Bertz CT molecular complexity index is 488. The van der Waals surface area contributed by atoms with Gasteiger partial charge < -0.3 is 16.2 Å². The van der Waals surface area contributed by atoms with E-state index >= 15 is 0 Å². The number of anilines is 1. The van der Waals surface area contributed by atoms with E-state index in [9.17, 15) is 9.90 Å². The summed E-state index contributed by atoms with van der Waals surface area (Å²) in [5.41, 5.74) is 6.21. The standard InChI is InChI=1S/C13H17ClN2O2/c1-13(2)10(6-11(13)17)16-12(18)8-4-3-7(15)5-9(8)14/h3-5,10-11,17H,6,15H2,1-2H3,(H,16,18). The maximum atomic E-state index is 12.1. The van der Waals surface area contributed by atoms with Crippen molar-refractivity contribution in [2.75, 3.05) is 5.73 Å². The molecule has 2 rings (SSSR count). The fraction of sp³-hybridized carbons (Fsp3) is 0.462. The Labute approximate surface area is 111 Å². The zero-order valence-corrected chi connectivity index (χ0v) is 11.2. The van der Waals surface area contributed by atoms with Crippen LogP contribution in [0.5, 0.6) is 0 Å². The molecule has 1 aliphatic carbocycles. The van der Waals surface area contributed by atoms with Crippen molar-refractivity contribution in [1.29, 1.82) is 0 Å². The number of benzene rings is 1. The van der Waals surface area contributed by atoms with Crippen LogP contribution < -0.4 is 11.1 Å². The molecule has 2 atom stereocenters. The van der Waals surface area contributed by atoms with Gasteiger partial charge >= 0.3 is 0 Å². The van der Waals surface area contributed by atoms with Crippen molar-refractivity contribution < 1.29 is 9.90 Å². The van der Waals surface area contributed by atoms with Crippen LogP contribution in [0.1, 0.15) is 30.6 Å². The van der Waals surface area contributed by atoms with Crippen LogP contribution in [0.25, 0.3) is 0 Å². The van der Waals surface area contributed by atoms with Gasteiger partial charge in [0.2, 0.25) is 0 Å². The molecule has 2 unspecified atom stereocenters. The maximum absolute atomic E-state index is 12.1. The summed E-state index contributed by atoms with van der Waals surface area (Å²) in [5.74, 6) is -0.232. The molecule has 4 nitrogen and oxygen atoms in total. The first kappa shape index (κ1) is 13.2. The van der Waals surface area contributed by atoms with E-state index in [1.165, 1.54) is 0 Å². The number of halogens is 1. The Kier molecular flexibility index (Phi) is 3.25. The molecule has 0 bridgehead atoms. The number of aliphatic hydroxyl groups is 1. The number of carbonyl (C=O) groups is 1. The van der Waals surface area contributed by atoms with Gasteiger partial charge in [-0.2, -0.15) is 0 Å². The van der Waals surface area contributed by atoms with Crippen LogP contribution >= 0.6 is 11.6 Å². The van der Waals surface area contributed by atoms with E-state index in [1.54, 1.807) is 18.2 Å². The van der Waals surface area contributed by atoms with E-state index in [1.807, 2.05) is 13.8 Å². The predicted molar refractivity (Wildman–Crippen MR) is 71.5 cm³/mol. The van der Waals surface area contributed by atoms with Gasteiger partial charge in [-0.05, 0) is 24.6 Å². The minimum atomic E-state index is -0.371. The Balaban J connectivity index is 2.09. The summed E-state index contributed by atoms with van der Waals surface area (Å²) in [4.78, 5) is 12.1. The van der Waals surface area contributed by atoms with Gasteiger partial charge in [0, 0.05) is 17.1 Å². The molecular weight excluding hydrogens is 252 g/mol. The molecule has 0 heterocycles. The lowest BCUT2D eigenvalue weighted by Gasteiger charge is -2.49. The average Bonchev–Trinajstić information content (AvgIpc) is 2.28. The van der Waals surface area contributed by atoms with E-state index in [0.29, 0.717) is 22.7 Å². The van der Waals surface area contributed by atoms with Gasteiger partial charge in [-0.3, -0.25) is 4.79 Å². The molecule has 1 amide bonds. The summed E-state index contributed by atoms with van der Waals surface area (Å²) in [6.45, 7) is 3.85. The first-order chi connectivity index (χ1) is 8.32. The summed E-state index contributed by atoms with van der Waals surface area (Å²) >= 11 is 5.98. The van der Waals surface area contributed by atoms with Gasteiger partial charge in [-0.25, -0.2) is 0 Å². The van der Waals surface area contributed by atoms with Crippen molar-refractivity contribution in [3.8, 4) is 0 Å². The Morgan fingerprint density at radius 2 is 2.22 bits per heavy atom. The van der Waals surface area contributed by atoms with Crippen LogP contribution in [0, 0.1) is 5.41 Å². The molecule has 0 aliphatic heterocycles. The first-order valence-corrected chi connectivity index (χ1v) is 6.24. The van der Waals surface area contributed by atoms with Crippen molar-refractivity contribution in [2.45, 2.75) is 32.4 Å². The lowest BCUT2D eigenvalue weighted by atomic mass is 9.64. The normalized spacial score (nSPS) is 25.3. The second kappa shape index (κ2) is 4.44. The maximum Gasteiger partial charge on any atom is 0.253 e. The minimum absolute atomic E-state index is 0.0337. The zero-order valence-electron chi connectivity index (χ0n) is 10.4. The minimum Gasteiger partial charge on any atom is -0.399 e. The number of nitrogens with one attached hydrogen (secondary N) is 1. The number of carbonyl (C=O) groups excluding carboxylic acids is 1. The largest absolute Gasteiger partial charge is 0.399 e. The molecule has 0 radical (unpaired) electrons. The highest BCUT2D eigenvalue weighted by molar-refractivity contribution is 6.34. The first-order valence-electron chi connectivity index (χ1n) is 5.86. The number of amides is 1. The summed E-state index contributed by atoms with van der Waals surface area (Å²) in [7, 11) is 0. The quantitative estimate of drug-likeness (QED) is 0.716. The number of nitrogen functional groups attached to an aromatic ring is 1. The number of hydrogen-bond donors (Lipinski definition) is 3. The predicted octanol–water partition coefficient (Wildman–Crippen LogP) is 1.81. The highest BCUT2D eigenvalue weighted by Crippen LogP contribution is 2.40. The number of hydrogen-bond acceptors (Lipinski definition) is 3. The fourth-order valence-electron chi connectivity index (χ4n) is 2.10. The Morgan fingerprint density at radius 3 is 2.72 bits per heavy atom. The molecule has 1 fully saturated rings.